The van der Waals surface area contributed by atoms with Gasteiger partial charge in [-0.1, -0.05) is 6.07 Å². The van der Waals surface area contributed by atoms with Gasteiger partial charge in [-0.3, -0.25) is 4.79 Å². The van der Waals surface area contributed by atoms with Crippen LogP contribution in [-0.4, -0.2) is 15.5 Å². The molecule has 0 radical (unpaired) electrons. The van der Waals surface area contributed by atoms with Crippen molar-refractivity contribution in [3.8, 4) is 5.69 Å². The van der Waals surface area contributed by atoms with E-state index in [1.54, 1.807) is 12.5 Å². The highest BCUT2D eigenvalue weighted by atomic mass is 16.1. The fourth-order valence-corrected chi connectivity index (χ4v) is 2.21. The van der Waals surface area contributed by atoms with Crippen LogP contribution in [0, 0.1) is 13.8 Å². The summed E-state index contributed by atoms with van der Waals surface area (Å²) >= 11 is 0. The maximum atomic E-state index is 12.3. The predicted octanol–water partition coefficient (Wildman–Crippen LogP) is 3.74. The maximum Gasteiger partial charge on any atom is 0.255 e. The lowest BCUT2D eigenvalue weighted by molar-refractivity contribution is 0.102. The maximum absolute atomic E-state index is 12.3. The second-order valence-corrected chi connectivity index (χ2v) is 5.27. The Morgan fingerprint density at radius 1 is 1.05 bits per heavy atom. The molecule has 3 rings (SSSR count). The molecule has 0 saturated heterocycles. The van der Waals surface area contributed by atoms with E-state index in [1.165, 1.54) is 5.56 Å². The second-order valence-electron chi connectivity index (χ2n) is 5.27. The number of aromatic nitrogens is 2. The smallest absolute Gasteiger partial charge is 0.255 e. The molecule has 110 valence electrons. The largest absolute Gasteiger partial charge is 0.322 e. The molecule has 0 aliphatic rings. The number of benzene rings is 2. The van der Waals surface area contributed by atoms with Crippen molar-refractivity contribution in [1.82, 2.24) is 9.55 Å². The molecule has 2 aromatic carbocycles. The Morgan fingerprint density at radius 3 is 2.45 bits per heavy atom. The second kappa shape index (κ2) is 5.85. The zero-order valence-corrected chi connectivity index (χ0v) is 12.6. The van der Waals surface area contributed by atoms with Gasteiger partial charge in [0, 0.05) is 29.3 Å². The van der Waals surface area contributed by atoms with Gasteiger partial charge in [0.2, 0.25) is 0 Å². The number of nitrogens with one attached hydrogen (secondary N) is 1. The van der Waals surface area contributed by atoms with E-state index in [0.29, 0.717) is 5.56 Å². The van der Waals surface area contributed by atoms with Gasteiger partial charge in [0.1, 0.15) is 0 Å². The lowest BCUT2D eigenvalue weighted by Crippen LogP contribution is -2.12. The number of rotatable bonds is 3. The molecule has 1 aromatic heterocycles. The number of aryl methyl sites for hydroxylation is 2. The summed E-state index contributed by atoms with van der Waals surface area (Å²) in [4.78, 5) is 16.3. The number of amides is 1. The van der Waals surface area contributed by atoms with Crippen LogP contribution in [0.1, 0.15) is 21.5 Å². The zero-order valence-electron chi connectivity index (χ0n) is 12.6. The standard InChI is InChI=1S/C18H17N3O/c1-13-3-4-15(11-14(13)2)18(22)20-16-5-7-17(8-6-16)21-10-9-19-12-21/h3-12H,1-2H3,(H,20,22). The molecule has 1 amide bonds. The first-order valence-electron chi connectivity index (χ1n) is 7.10. The first kappa shape index (κ1) is 14.1. The summed E-state index contributed by atoms with van der Waals surface area (Å²) in [6.45, 7) is 4.04. The van der Waals surface area contributed by atoms with Gasteiger partial charge in [0.25, 0.3) is 5.91 Å². The summed E-state index contributed by atoms with van der Waals surface area (Å²) in [5.74, 6) is -0.0986. The molecule has 4 heteroatoms. The zero-order chi connectivity index (χ0) is 15.5. The molecule has 0 aliphatic carbocycles. The SMILES string of the molecule is Cc1ccc(C(=O)Nc2ccc(-n3ccnc3)cc2)cc1C. The third-order valence-electron chi connectivity index (χ3n) is 3.70. The quantitative estimate of drug-likeness (QED) is 0.799. The van der Waals surface area contributed by atoms with E-state index < -0.39 is 0 Å². The average molecular weight is 291 g/mol. The van der Waals surface area contributed by atoms with Crippen molar-refractivity contribution in [3.63, 3.8) is 0 Å². The minimum Gasteiger partial charge on any atom is -0.322 e. The molecule has 0 spiro atoms. The normalized spacial score (nSPS) is 10.5. The Bertz CT molecular complexity index is 790. The monoisotopic (exact) mass is 291 g/mol. The van der Waals surface area contributed by atoms with Gasteiger partial charge in [0.05, 0.1) is 6.33 Å². The van der Waals surface area contributed by atoms with Gasteiger partial charge >= 0.3 is 0 Å². The van der Waals surface area contributed by atoms with Crippen LogP contribution >= 0.6 is 0 Å². The van der Waals surface area contributed by atoms with Crippen molar-refractivity contribution in [1.29, 1.82) is 0 Å². The molecule has 3 aromatic rings. The van der Waals surface area contributed by atoms with Crippen LogP contribution in [0.4, 0.5) is 5.69 Å². The summed E-state index contributed by atoms with van der Waals surface area (Å²) in [6.07, 6.45) is 5.35. The summed E-state index contributed by atoms with van der Waals surface area (Å²) in [5.41, 5.74) is 4.74. The summed E-state index contributed by atoms with van der Waals surface area (Å²) in [5, 5.41) is 2.91. The molecular weight excluding hydrogens is 274 g/mol. The number of carbonyl (C=O) groups is 1. The van der Waals surface area contributed by atoms with Crippen LogP contribution in [0.15, 0.2) is 61.2 Å². The minimum atomic E-state index is -0.0986. The van der Waals surface area contributed by atoms with Gasteiger partial charge in [-0.25, -0.2) is 4.98 Å². The summed E-state index contributed by atoms with van der Waals surface area (Å²) in [6, 6.07) is 13.4. The number of nitrogens with zero attached hydrogens (tertiary/aromatic N) is 2. The minimum absolute atomic E-state index is 0.0986. The highest BCUT2D eigenvalue weighted by molar-refractivity contribution is 6.04. The molecule has 0 unspecified atom stereocenters. The summed E-state index contributed by atoms with van der Waals surface area (Å²) < 4.78 is 1.91. The van der Waals surface area contributed by atoms with Crippen LogP contribution < -0.4 is 5.32 Å². The van der Waals surface area contributed by atoms with Crippen LogP contribution in [0.25, 0.3) is 5.69 Å². The molecule has 1 heterocycles. The third-order valence-corrected chi connectivity index (χ3v) is 3.70. The number of hydrogen-bond donors (Lipinski definition) is 1. The van der Waals surface area contributed by atoms with Crippen molar-refractivity contribution < 1.29 is 4.79 Å². The number of carbonyl (C=O) groups excluding carboxylic acids is 1. The molecule has 0 fully saturated rings. The molecule has 0 bridgehead atoms. The molecule has 1 N–H and O–H groups in total. The first-order valence-corrected chi connectivity index (χ1v) is 7.10. The lowest BCUT2D eigenvalue weighted by Gasteiger charge is -2.08. The van der Waals surface area contributed by atoms with E-state index in [9.17, 15) is 4.79 Å². The van der Waals surface area contributed by atoms with Crippen LogP contribution in [-0.2, 0) is 0 Å². The Kier molecular flexibility index (Phi) is 3.74. The Balaban J connectivity index is 1.75. The average Bonchev–Trinajstić information content (AvgIpc) is 3.05. The van der Waals surface area contributed by atoms with Gasteiger partial charge in [0.15, 0.2) is 0 Å². The lowest BCUT2D eigenvalue weighted by atomic mass is 10.1. The Labute approximate surface area is 129 Å². The topological polar surface area (TPSA) is 46.9 Å². The van der Waals surface area contributed by atoms with E-state index in [0.717, 1.165) is 16.9 Å². The van der Waals surface area contributed by atoms with Gasteiger partial charge in [-0.05, 0) is 61.4 Å². The van der Waals surface area contributed by atoms with Crippen LogP contribution in [0.2, 0.25) is 0 Å². The van der Waals surface area contributed by atoms with Crippen molar-refractivity contribution >= 4 is 11.6 Å². The molecule has 0 saturated carbocycles. The predicted molar refractivity (Wildman–Crippen MR) is 87.4 cm³/mol. The van der Waals surface area contributed by atoms with Crippen LogP contribution in [0.3, 0.4) is 0 Å². The van der Waals surface area contributed by atoms with Crippen molar-refractivity contribution in [2.75, 3.05) is 5.32 Å². The van der Waals surface area contributed by atoms with E-state index in [-0.39, 0.29) is 5.91 Å². The van der Waals surface area contributed by atoms with Crippen LogP contribution in [0.5, 0.6) is 0 Å². The third kappa shape index (κ3) is 2.91. The van der Waals surface area contributed by atoms with E-state index in [2.05, 4.69) is 10.3 Å². The number of imidazole rings is 1. The molecule has 0 atom stereocenters. The summed E-state index contributed by atoms with van der Waals surface area (Å²) in [7, 11) is 0. The van der Waals surface area contributed by atoms with E-state index >= 15 is 0 Å². The molecular formula is C18H17N3O. The fraction of sp³-hybridized carbons (Fsp3) is 0.111. The molecule has 0 aliphatic heterocycles. The highest BCUT2D eigenvalue weighted by Gasteiger charge is 2.07. The Morgan fingerprint density at radius 2 is 1.82 bits per heavy atom. The first-order chi connectivity index (χ1) is 10.6. The van der Waals surface area contributed by atoms with E-state index in [4.69, 9.17) is 0 Å². The van der Waals surface area contributed by atoms with E-state index in [1.807, 2.05) is 67.1 Å². The Hall–Kier alpha value is -2.88. The molecule has 22 heavy (non-hydrogen) atoms. The molecule has 4 nitrogen and oxygen atoms in total. The highest BCUT2D eigenvalue weighted by Crippen LogP contribution is 2.15. The number of anilines is 1. The fourth-order valence-electron chi connectivity index (χ4n) is 2.21. The van der Waals surface area contributed by atoms with Gasteiger partial charge in [-0.2, -0.15) is 0 Å². The van der Waals surface area contributed by atoms with Gasteiger partial charge in [-0.15, -0.1) is 0 Å². The van der Waals surface area contributed by atoms with Gasteiger partial charge < -0.3 is 9.88 Å². The van der Waals surface area contributed by atoms with Crippen molar-refractivity contribution in [3.05, 3.63) is 77.9 Å². The number of hydrogen-bond acceptors (Lipinski definition) is 2. The van der Waals surface area contributed by atoms with Crippen molar-refractivity contribution in [2.45, 2.75) is 13.8 Å². The van der Waals surface area contributed by atoms with Crippen molar-refractivity contribution in [2.24, 2.45) is 0 Å².